The van der Waals surface area contributed by atoms with E-state index in [2.05, 4.69) is 9.89 Å². The number of hydrogen-bond acceptors (Lipinski definition) is 9. The van der Waals surface area contributed by atoms with E-state index in [4.69, 9.17) is 14.2 Å². The zero-order chi connectivity index (χ0) is 24.9. The lowest BCUT2D eigenvalue weighted by molar-refractivity contribution is -0.312. The Bertz CT molecular complexity index is 1160. The minimum atomic E-state index is -1.32. The highest BCUT2D eigenvalue weighted by Crippen LogP contribution is 2.35. The normalized spacial score (nSPS) is 19.3. The maximum atomic E-state index is 12.8. The molecule has 2 aromatic rings. The number of aliphatic carboxylic acids is 1. The maximum Gasteiger partial charge on any atom is 0.266 e. The Morgan fingerprint density at radius 1 is 1.17 bits per heavy atom. The summed E-state index contributed by atoms with van der Waals surface area (Å²) < 4.78 is 16.1. The van der Waals surface area contributed by atoms with Crippen LogP contribution in [0.25, 0.3) is 6.08 Å². The molecule has 10 heteroatoms. The largest absolute Gasteiger partial charge is 0.546 e. The molecule has 35 heavy (non-hydrogen) atoms. The molecule has 2 heterocycles. The molecule has 2 fully saturated rings. The van der Waals surface area contributed by atoms with E-state index in [9.17, 15) is 14.7 Å². The Balaban J connectivity index is 1.50. The van der Waals surface area contributed by atoms with E-state index in [0.717, 1.165) is 37.7 Å². The van der Waals surface area contributed by atoms with E-state index in [-0.39, 0.29) is 11.7 Å². The summed E-state index contributed by atoms with van der Waals surface area (Å²) in [5, 5.41) is 11.5. The molecule has 0 spiro atoms. The second-order valence-corrected chi connectivity index (χ2v) is 8.98. The standard InChI is InChI=1S/C25H27N3O6S/c1-16(24(30)31)34-20-9-4-17(14-21(20)32-3)15-22-23(29)27(2)25(35-22)26-18-5-7-19(8-6-18)28-10-12-33-13-11-28/h4-9,14-16H,10-13H2,1-3H3,(H,30,31)/p-1/b22-15-,26-25?/t16-/m0/s1. The molecule has 0 aromatic heterocycles. The predicted molar refractivity (Wildman–Crippen MR) is 133 cm³/mol. The van der Waals surface area contributed by atoms with Gasteiger partial charge in [-0.1, -0.05) is 6.07 Å². The van der Waals surface area contributed by atoms with Crippen LogP contribution in [0.2, 0.25) is 0 Å². The van der Waals surface area contributed by atoms with Crippen molar-refractivity contribution < 1.29 is 28.9 Å². The van der Waals surface area contributed by atoms with Crippen molar-refractivity contribution in [2.75, 3.05) is 45.4 Å². The summed E-state index contributed by atoms with van der Waals surface area (Å²) in [6, 6.07) is 12.9. The van der Waals surface area contributed by atoms with Crippen molar-refractivity contribution in [3.63, 3.8) is 0 Å². The van der Waals surface area contributed by atoms with Gasteiger partial charge in [0.25, 0.3) is 5.91 Å². The first-order valence-corrected chi connectivity index (χ1v) is 11.9. The molecule has 184 valence electrons. The van der Waals surface area contributed by atoms with Gasteiger partial charge in [0.05, 0.1) is 36.9 Å². The average molecular weight is 497 g/mol. The molecule has 0 saturated carbocycles. The van der Waals surface area contributed by atoms with Crippen molar-refractivity contribution in [2.45, 2.75) is 13.0 Å². The number of carboxylic acid groups (broad SMARTS) is 1. The monoisotopic (exact) mass is 496 g/mol. The molecule has 2 aliphatic heterocycles. The number of benzene rings is 2. The number of likely N-dealkylation sites (N-methyl/N-ethyl adjacent to an activating group) is 1. The van der Waals surface area contributed by atoms with Crippen LogP contribution >= 0.6 is 11.8 Å². The number of amidine groups is 1. The molecule has 2 aromatic carbocycles. The van der Waals surface area contributed by atoms with E-state index >= 15 is 0 Å². The number of carboxylic acids is 1. The van der Waals surface area contributed by atoms with Gasteiger partial charge in [0.2, 0.25) is 0 Å². The Morgan fingerprint density at radius 3 is 2.54 bits per heavy atom. The lowest BCUT2D eigenvalue weighted by Gasteiger charge is -2.28. The van der Waals surface area contributed by atoms with Gasteiger partial charge in [-0.15, -0.1) is 0 Å². The van der Waals surface area contributed by atoms with Crippen LogP contribution in [0.15, 0.2) is 52.4 Å². The van der Waals surface area contributed by atoms with Crippen LogP contribution in [-0.4, -0.2) is 68.5 Å². The number of methoxy groups -OCH3 is 1. The number of amides is 1. The van der Waals surface area contributed by atoms with Crippen LogP contribution in [0.4, 0.5) is 11.4 Å². The first-order chi connectivity index (χ1) is 16.9. The number of anilines is 1. The number of morpholine rings is 1. The van der Waals surface area contributed by atoms with Crippen LogP contribution in [0, 0.1) is 0 Å². The second kappa shape index (κ2) is 10.8. The Hall–Kier alpha value is -3.50. The molecule has 0 unspecified atom stereocenters. The quantitative estimate of drug-likeness (QED) is 0.538. The van der Waals surface area contributed by atoms with Crippen molar-refractivity contribution in [3.8, 4) is 11.5 Å². The van der Waals surface area contributed by atoms with Gasteiger partial charge in [0.1, 0.15) is 6.10 Å². The van der Waals surface area contributed by atoms with Gasteiger partial charge in [-0.2, -0.15) is 0 Å². The molecule has 0 aliphatic carbocycles. The van der Waals surface area contributed by atoms with E-state index in [1.165, 1.54) is 30.7 Å². The molecule has 4 rings (SSSR count). The number of thioether (sulfide) groups is 1. The molecule has 1 amide bonds. The first-order valence-electron chi connectivity index (χ1n) is 11.1. The Kier molecular flexibility index (Phi) is 7.62. The van der Waals surface area contributed by atoms with Gasteiger partial charge in [-0.25, -0.2) is 4.99 Å². The summed E-state index contributed by atoms with van der Waals surface area (Å²) in [5.41, 5.74) is 2.59. The fraction of sp³-hybridized carbons (Fsp3) is 0.320. The summed E-state index contributed by atoms with van der Waals surface area (Å²) in [5.74, 6) is -0.859. The third-order valence-corrected chi connectivity index (χ3v) is 6.64. The van der Waals surface area contributed by atoms with Gasteiger partial charge in [0.15, 0.2) is 16.7 Å². The van der Waals surface area contributed by atoms with E-state index in [1.807, 2.05) is 24.3 Å². The Labute approximate surface area is 208 Å². The molecule has 2 aliphatic rings. The van der Waals surface area contributed by atoms with Gasteiger partial charge in [0, 0.05) is 25.8 Å². The van der Waals surface area contributed by atoms with Crippen molar-refractivity contribution in [1.29, 1.82) is 0 Å². The zero-order valence-corrected chi connectivity index (χ0v) is 20.5. The summed E-state index contributed by atoms with van der Waals surface area (Å²) >= 11 is 1.28. The van der Waals surface area contributed by atoms with Crippen LogP contribution in [-0.2, 0) is 14.3 Å². The van der Waals surface area contributed by atoms with E-state index in [1.54, 1.807) is 31.3 Å². The zero-order valence-electron chi connectivity index (χ0n) is 19.7. The maximum absolute atomic E-state index is 12.8. The lowest BCUT2D eigenvalue weighted by atomic mass is 10.2. The molecule has 0 N–H and O–H groups in total. The topological polar surface area (TPSA) is 104 Å². The predicted octanol–water partition coefficient (Wildman–Crippen LogP) is 2.28. The number of ether oxygens (including phenoxy) is 3. The fourth-order valence-electron chi connectivity index (χ4n) is 3.58. The lowest BCUT2D eigenvalue weighted by Crippen LogP contribution is -2.37. The highest BCUT2D eigenvalue weighted by Gasteiger charge is 2.30. The van der Waals surface area contributed by atoms with Crippen LogP contribution < -0.4 is 19.5 Å². The molecule has 0 bridgehead atoms. The molecule has 9 nitrogen and oxygen atoms in total. The minimum Gasteiger partial charge on any atom is -0.546 e. The number of nitrogens with zero attached hydrogens (tertiary/aromatic N) is 3. The number of hydrogen-bond donors (Lipinski definition) is 0. The summed E-state index contributed by atoms with van der Waals surface area (Å²) in [6.45, 7) is 4.56. The third kappa shape index (κ3) is 5.77. The number of rotatable bonds is 7. The van der Waals surface area contributed by atoms with Gasteiger partial charge >= 0.3 is 0 Å². The van der Waals surface area contributed by atoms with Crippen LogP contribution in [0.1, 0.15) is 12.5 Å². The number of carbonyl (C=O) groups is 2. The third-order valence-electron chi connectivity index (χ3n) is 5.58. The van der Waals surface area contributed by atoms with Crippen molar-refractivity contribution in [3.05, 3.63) is 52.9 Å². The molecule has 0 radical (unpaired) electrons. The minimum absolute atomic E-state index is 0.163. The van der Waals surface area contributed by atoms with E-state index < -0.39 is 12.1 Å². The van der Waals surface area contributed by atoms with Gasteiger partial charge < -0.3 is 29.0 Å². The number of aliphatic imine (C=N–C) groups is 1. The fourth-order valence-corrected chi connectivity index (χ4v) is 4.57. The highest BCUT2D eigenvalue weighted by atomic mass is 32.2. The molecular weight excluding hydrogens is 470 g/mol. The smallest absolute Gasteiger partial charge is 0.266 e. The van der Waals surface area contributed by atoms with Crippen LogP contribution in [0.3, 0.4) is 0 Å². The molecule has 1 atom stereocenters. The molecular formula is C25H26N3O6S-. The summed E-state index contributed by atoms with van der Waals surface area (Å²) in [7, 11) is 3.15. The van der Waals surface area contributed by atoms with Crippen LogP contribution in [0.5, 0.6) is 11.5 Å². The van der Waals surface area contributed by atoms with E-state index in [0.29, 0.717) is 21.4 Å². The Morgan fingerprint density at radius 2 is 1.89 bits per heavy atom. The SMILES string of the molecule is COc1cc(/C=C2\SC(=Nc3ccc(N4CCOCC4)cc3)N(C)C2=O)ccc1O[C@@H](C)C(=O)[O-]. The van der Waals surface area contributed by atoms with Crippen molar-refractivity contribution >= 4 is 46.3 Å². The summed E-state index contributed by atoms with van der Waals surface area (Å²) in [6.07, 6.45) is 0.609. The van der Waals surface area contributed by atoms with Gasteiger partial charge in [-0.05, 0) is 66.7 Å². The van der Waals surface area contributed by atoms with Gasteiger partial charge in [-0.3, -0.25) is 9.69 Å². The first kappa shape index (κ1) is 24.6. The second-order valence-electron chi connectivity index (χ2n) is 7.97. The van der Waals surface area contributed by atoms with Crippen molar-refractivity contribution in [1.82, 2.24) is 4.90 Å². The number of carbonyl (C=O) groups excluding carboxylic acids is 2. The van der Waals surface area contributed by atoms with Crippen molar-refractivity contribution in [2.24, 2.45) is 4.99 Å². The summed E-state index contributed by atoms with van der Waals surface area (Å²) in [4.78, 5) is 32.7. The molecule has 2 saturated heterocycles. The average Bonchev–Trinajstić information content (AvgIpc) is 3.13. The highest BCUT2D eigenvalue weighted by molar-refractivity contribution is 8.18.